The summed E-state index contributed by atoms with van der Waals surface area (Å²) >= 11 is 0. The summed E-state index contributed by atoms with van der Waals surface area (Å²) in [6.45, 7) is 2.20. The van der Waals surface area contributed by atoms with Gasteiger partial charge in [0.25, 0.3) is 6.01 Å². The minimum absolute atomic E-state index is 0.295. The topological polar surface area (TPSA) is 64.5 Å². The lowest BCUT2D eigenvalue weighted by Crippen LogP contribution is -2.22. The molecule has 0 saturated carbocycles. The van der Waals surface area contributed by atoms with Gasteiger partial charge in [0.05, 0.1) is 11.8 Å². The number of aromatic nitrogens is 1. The highest BCUT2D eigenvalue weighted by Crippen LogP contribution is 2.20. The summed E-state index contributed by atoms with van der Waals surface area (Å²) in [6.07, 6.45) is 2.93. The smallest absolute Gasteiger partial charge is 0.297 e. The molecular weight excluding hydrogens is 182 g/mol. The van der Waals surface area contributed by atoms with Crippen LogP contribution in [0.2, 0.25) is 0 Å². The number of methoxy groups -OCH3 is 1. The van der Waals surface area contributed by atoms with Crippen molar-refractivity contribution in [1.82, 2.24) is 4.98 Å². The van der Waals surface area contributed by atoms with Gasteiger partial charge in [-0.3, -0.25) is 0 Å². The zero-order valence-corrected chi connectivity index (χ0v) is 8.27. The lowest BCUT2D eigenvalue weighted by molar-refractivity contribution is 0.121. The number of anilines is 1. The lowest BCUT2D eigenvalue weighted by atomic mass is 10.3. The maximum atomic E-state index is 5.45. The maximum absolute atomic E-state index is 5.45. The summed E-state index contributed by atoms with van der Waals surface area (Å²) < 4.78 is 10.6. The molecule has 0 aromatic carbocycles. The van der Waals surface area contributed by atoms with Crippen LogP contribution >= 0.6 is 0 Å². The highest BCUT2D eigenvalue weighted by molar-refractivity contribution is 5.29. The maximum Gasteiger partial charge on any atom is 0.297 e. The van der Waals surface area contributed by atoms with Gasteiger partial charge in [-0.2, -0.15) is 4.98 Å². The standard InChI is InChI=1S/C9H15N3O2/c1-13-8-2-3-12(5-8)9-11-7(4-10)6-14-9/h6,8H,2-5,10H2,1H3. The Bertz CT molecular complexity index is 300. The molecule has 2 N–H and O–H groups in total. The Kier molecular flexibility index (Phi) is 2.69. The van der Waals surface area contributed by atoms with Crippen molar-refractivity contribution in [3.63, 3.8) is 0 Å². The molecule has 1 aliphatic heterocycles. The number of hydrogen-bond donors (Lipinski definition) is 1. The number of nitrogens with zero attached hydrogens (tertiary/aromatic N) is 2. The minimum Gasteiger partial charge on any atom is -0.432 e. The molecule has 1 aromatic heterocycles. The summed E-state index contributed by atoms with van der Waals surface area (Å²) in [5.41, 5.74) is 6.24. The Morgan fingerprint density at radius 2 is 2.64 bits per heavy atom. The number of hydrogen-bond acceptors (Lipinski definition) is 5. The van der Waals surface area contributed by atoms with E-state index in [4.69, 9.17) is 14.9 Å². The first-order valence-electron chi connectivity index (χ1n) is 4.75. The normalized spacial score (nSPS) is 21.9. The molecule has 5 nitrogen and oxygen atoms in total. The van der Waals surface area contributed by atoms with Crippen LogP contribution in [-0.4, -0.2) is 31.3 Å². The zero-order chi connectivity index (χ0) is 9.97. The molecule has 1 aliphatic rings. The van der Waals surface area contributed by atoms with Crippen LogP contribution in [0.5, 0.6) is 0 Å². The lowest BCUT2D eigenvalue weighted by Gasteiger charge is -2.12. The molecule has 2 heterocycles. The van der Waals surface area contributed by atoms with Crippen molar-refractivity contribution in [3.8, 4) is 0 Å². The van der Waals surface area contributed by atoms with E-state index in [-0.39, 0.29) is 0 Å². The van der Waals surface area contributed by atoms with Crippen LogP contribution in [0.3, 0.4) is 0 Å². The van der Waals surface area contributed by atoms with Crippen molar-refractivity contribution in [2.75, 3.05) is 25.1 Å². The molecule has 0 amide bonds. The molecule has 0 bridgehead atoms. The highest BCUT2D eigenvalue weighted by Gasteiger charge is 2.25. The van der Waals surface area contributed by atoms with Crippen LogP contribution in [0.4, 0.5) is 6.01 Å². The second kappa shape index (κ2) is 3.98. The molecular formula is C9H15N3O2. The van der Waals surface area contributed by atoms with Crippen LogP contribution in [-0.2, 0) is 11.3 Å². The molecule has 2 rings (SSSR count). The van der Waals surface area contributed by atoms with Crippen molar-refractivity contribution >= 4 is 6.01 Å². The van der Waals surface area contributed by atoms with Gasteiger partial charge < -0.3 is 19.8 Å². The zero-order valence-electron chi connectivity index (χ0n) is 8.27. The van der Waals surface area contributed by atoms with Crippen molar-refractivity contribution in [1.29, 1.82) is 0 Å². The molecule has 78 valence electrons. The Balaban J connectivity index is 2.02. The van der Waals surface area contributed by atoms with Gasteiger partial charge >= 0.3 is 0 Å². The molecule has 1 aromatic rings. The van der Waals surface area contributed by atoms with E-state index in [1.807, 2.05) is 0 Å². The Labute approximate surface area is 82.8 Å². The number of oxazole rings is 1. The van der Waals surface area contributed by atoms with Crippen molar-refractivity contribution in [2.45, 2.75) is 19.1 Å². The summed E-state index contributed by atoms with van der Waals surface area (Å²) in [4.78, 5) is 6.33. The molecule has 5 heteroatoms. The first-order valence-corrected chi connectivity index (χ1v) is 4.75. The number of nitrogens with two attached hydrogens (primary N) is 1. The third-order valence-corrected chi connectivity index (χ3v) is 2.50. The van der Waals surface area contributed by atoms with Gasteiger partial charge in [0, 0.05) is 26.7 Å². The van der Waals surface area contributed by atoms with Gasteiger partial charge in [-0.15, -0.1) is 0 Å². The van der Waals surface area contributed by atoms with E-state index in [0.29, 0.717) is 18.7 Å². The quantitative estimate of drug-likeness (QED) is 0.757. The first kappa shape index (κ1) is 9.48. The highest BCUT2D eigenvalue weighted by atomic mass is 16.5. The summed E-state index contributed by atoms with van der Waals surface area (Å²) in [5.74, 6) is 0. The van der Waals surface area contributed by atoms with Crippen LogP contribution in [0.1, 0.15) is 12.1 Å². The minimum atomic E-state index is 0.295. The Hall–Kier alpha value is -1.07. The van der Waals surface area contributed by atoms with E-state index < -0.39 is 0 Å². The average Bonchev–Trinajstić information content (AvgIpc) is 2.86. The molecule has 1 unspecified atom stereocenters. The second-order valence-electron chi connectivity index (χ2n) is 3.42. The monoisotopic (exact) mass is 197 g/mol. The third-order valence-electron chi connectivity index (χ3n) is 2.50. The molecule has 1 saturated heterocycles. The van der Waals surface area contributed by atoms with Crippen LogP contribution in [0.25, 0.3) is 0 Å². The fourth-order valence-electron chi connectivity index (χ4n) is 1.63. The molecule has 0 aliphatic carbocycles. The van der Waals surface area contributed by atoms with Gasteiger partial charge in [-0.25, -0.2) is 0 Å². The molecule has 14 heavy (non-hydrogen) atoms. The molecule has 1 atom stereocenters. The van der Waals surface area contributed by atoms with E-state index >= 15 is 0 Å². The van der Waals surface area contributed by atoms with Crippen LogP contribution < -0.4 is 10.6 Å². The van der Waals surface area contributed by atoms with E-state index in [0.717, 1.165) is 25.2 Å². The van der Waals surface area contributed by atoms with Gasteiger partial charge in [0.1, 0.15) is 6.26 Å². The number of rotatable bonds is 3. The summed E-state index contributed by atoms with van der Waals surface area (Å²) in [5, 5.41) is 0. The first-order chi connectivity index (χ1) is 6.83. The van der Waals surface area contributed by atoms with Gasteiger partial charge in [0.2, 0.25) is 0 Å². The van der Waals surface area contributed by atoms with Crippen molar-refractivity contribution < 1.29 is 9.15 Å². The largest absolute Gasteiger partial charge is 0.432 e. The van der Waals surface area contributed by atoms with E-state index in [2.05, 4.69) is 9.88 Å². The number of ether oxygens (including phenoxy) is 1. The SMILES string of the molecule is COC1CCN(c2nc(CN)co2)C1. The Morgan fingerprint density at radius 1 is 1.79 bits per heavy atom. The molecule has 1 fully saturated rings. The van der Waals surface area contributed by atoms with E-state index in [1.165, 1.54) is 0 Å². The Morgan fingerprint density at radius 3 is 3.21 bits per heavy atom. The fourth-order valence-corrected chi connectivity index (χ4v) is 1.63. The van der Waals surface area contributed by atoms with Crippen LogP contribution in [0, 0.1) is 0 Å². The van der Waals surface area contributed by atoms with Gasteiger partial charge in [0.15, 0.2) is 0 Å². The predicted molar refractivity (Wildman–Crippen MR) is 52.0 cm³/mol. The summed E-state index contributed by atoms with van der Waals surface area (Å²) in [6, 6.07) is 0.657. The average molecular weight is 197 g/mol. The van der Waals surface area contributed by atoms with Gasteiger partial charge in [-0.05, 0) is 6.42 Å². The van der Waals surface area contributed by atoms with E-state index in [1.54, 1.807) is 13.4 Å². The molecule has 0 spiro atoms. The van der Waals surface area contributed by atoms with Crippen molar-refractivity contribution in [2.24, 2.45) is 5.73 Å². The second-order valence-corrected chi connectivity index (χ2v) is 3.42. The third kappa shape index (κ3) is 1.73. The van der Waals surface area contributed by atoms with Gasteiger partial charge in [-0.1, -0.05) is 0 Å². The van der Waals surface area contributed by atoms with Crippen molar-refractivity contribution in [3.05, 3.63) is 12.0 Å². The summed E-state index contributed by atoms with van der Waals surface area (Å²) in [7, 11) is 1.73. The van der Waals surface area contributed by atoms with E-state index in [9.17, 15) is 0 Å². The van der Waals surface area contributed by atoms with Crippen LogP contribution in [0.15, 0.2) is 10.7 Å². The molecule has 0 radical (unpaired) electrons. The predicted octanol–water partition coefficient (Wildman–Crippen LogP) is 0.358. The fraction of sp³-hybridized carbons (Fsp3) is 0.667.